The molecule has 0 saturated carbocycles. The number of nitrogens with one attached hydrogen (secondary N) is 2. The molecule has 0 aliphatic rings. The summed E-state index contributed by atoms with van der Waals surface area (Å²) in [5.41, 5.74) is 10.4. The Balaban J connectivity index is 2.20. The number of anilines is 3. The van der Waals surface area contributed by atoms with E-state index >= 15 is 0 Å². The molecule has 0 unspecified atom stereocenters. The zero-order chi connectivity index (χ0) is 18.6. The highest BCUT2D eigenvalue weighted by Crippen LogP contribution is 2.25. The average Bonchev–Trinajstić information content (AvgIpc) is 2.53. The Morgan fingerprint density at radius 2 is 1.84 bits per heavy atom. The lowest BCUT2D eigenvalue weighted by Gasteiger charge is -2.12. The molecule has 0 saturated heterocycles. The largest absolute Gasteiger partial charge is 0.399 e. The van der Waals surface area contributed by atoms with Crippen LogP contribution in [0.4, 0.5) is 17.1 Å². The number of carbonyl (C=O) groups excluding carboxylic acids is 1. The van der Waals surface area contributed by atoms with Crippen LogP contribution in [0.1, 0.15) is 16.7 Å². The van der Waals surface area contributed by atoms with Crippen LogP contribution in [0.15, 0.2) is 42.1 Å². The lowest BCUT2D eigenvalue weighted by molar-refractivity contribution is -0.112. The summed E-state index contributed by atoms with van der Waals surface area (Å²) >= 11 is 6.07. The molecule has 0 aromatic heterocycles. The summed E-state index contributed by atoms with van der Waals surface area (Å²) in [6.45, 7) is 5.82. The van der Waals surface area contributed by atoms with Gasteiger partial charge in [0, 0.05) is 17.6 Å². The highest BCUT2D eigenvalue weighted by Gasteiger charge is 2.13. The van der Waals surface area contributed by atoms with Gasteiger partial charge in [0.25, 0.3) is 5.91 Å². The average molecular weight is 355 g/mol. The second-order valence-electron chi connectivity index (χ2n) is 5.78. The van der Waals surface area contributed by atoms with Gasteiger partial charge in [-0.2, -0.15) is 5.26 Å². The summed E-state index contributed by atoms with van der Waals surface area (Å²) in [5.74, 6) is -0.489. The summed E-state index contributed by atoms with van der Waals surface area (Å²) in [5, 5.41) is 15.3. The number of aryl methyl sites for hydroxylation is 3. The lowest BCUT2D eigenvalue weighted by Crippen LogP contribution is -2.16. The van der Waals surface area contributed by atoms with E-state index in [-0.39, 0.29) is 5.57 Å². The van der Waals surface area contributed by atoms with E-state index in [1.807, 2.05) is 39.0 Å². The second kappa shape index (κ2) is 7.73. The Kier molecular flexibility index (Phi) is 5.68. The van der Waals surface area contributed by atoms with E-state index in [2.05, 4.69) is 10.6 Å². The minimum absolute atomic E-state index is 0.0627. The van der Waals surface area contributed by atoms with E-state index in [0.717, 1.165) is 16.7 Å². The highest BCUT2D eigenvalue weighted by molar-refractivity contribution is 6.33. The van der Waals surface area contributed by atoms with Gasteiger partial charge in [-0.1, -0.05) is 29.3 Å². The molecule has 128 valence electrons. The van der Waals surface area contributed by atoms with Gasteiger partial charge in [-0.05, 0) is 50.1 Å². The van der Waals surface area contributed by atoms with Gasteiger partial charge in [-0.15, -0.1) is 0 Å². The van der Waals surface area contributed by atoms with Gasteiger partial charge < -0.3 is 16.4 Å². The van der Waals surface area contributed by atoms with Crippen LogP contribution < -0.4 is 16.4 Å². The molecule has 0 radical (unpaired) electrons. The van der Waals surface area contributed by atoms with Crippen molar-refractivity contribution in [2.45, 2.75) is 20.8 Å². The minimum atomic E-state index is -0.489. The predicted octanol–water partition coefficient (Wildman–Crippen LogP) is 4.31. The third-order valence-corrected chi connectivity index (χ3v) is 3.96. The normalized spacial score (nSPS) is 10.9. The fraction of sp³-hybridized carbons (Fsp3) is 0.158. The number of halogens is 1. The van der Waals surface area contributed by atoms with E-state index in [4.69, 9.17) is 17.3 Å². The Morgan fingerprint density at radius 3 is 2.40 bits per heavy atom. The predicted molar refractivity (Wildman–Crippen MR) is 102 cm³/mol. The van der Waals surface area contributed by atoms with Gasteiger partial charge >= 0.3 is 0 Å². The monoisotopic (exact) mass is 354 g/mol. The van der Waals surface area contributed by atoms with Gasteiger partial charge in [-0.25, -0.2) is 0 Å². The number of hydrogen-bond acceptors (Lipinski definition) is 4. The van der Waals surface area contributed by atoms with E-state index in [1.165, 1.54) is 6.20 Å². The number of amides is 1. The highest BCUT2D eigenvalue weighted by atomic mass is 35.5. The molecule has 4 N–H and O–H groups in total. The number of rotatable bonds is 4. The van der Waals surface area contributed by atoms with Gasteiger partial charge in [0.2, 0.25) is 0 Å². The van der Waals surface area contributed by atoms with Crippen LogP contribution >= 0.6 is 11.6 Å². The Bertz CT molecular complexity index is 874. The molecule has 0 fully saturated rings. The number of nitrogens with zero attached hydrogens (tertiary/aromatic N) is 1. The minimum Gasteiger partial charge on any atom is -0.399 e. The third kappa shape index (κ3) is 4.52. The molecule has 2 aromatic rings. The molecular weight excluding hydrogens is 336 g/mol. The zero-order valence-corrected chi connectivity index (χ0v) is 15.0. The summed E-state index contributed by atoms with van der Waals surface area (Å²) in [6, 6.07) is 10.8. The molecule has 0 spiro atoms. The fourth-order valence-electron chi connectivity index (χ4n) is 2.50. The maximum Gasteiger partial charge on any atom is 0.267 e. The van der Waals surface area contributed by atoms with Crippen molar-refractivity contribution in [3.05, 3.63) is 63.8 Å². The molecule has 0 bridgehead atoms. The van der Waals surface area contributed by atoms with Crippen molar-refractivity contribution < 1.29 is 4.79 Å². The molecule has 2 aromatic carbocycles. The SMILES string of the molecule is Cc1cc(C)c(NC(=O)/C(C#N)=C\Nc2ccc(N)cc2Cl)c(C)c1. The van der Waals surface area contributed by atoms with E-state index < -0.39 is 5.91 Å². The maximum absolute atomic E-state index is 12.4. The Hall–Kier alpha value is -2.97. The molecule has 5 nitrogen and oxygen atoms in total. The van der Waals surface area contributed by atoms with Gasteiger partial charge in [0.15, 0.2) is 0 Å². The number of nitrogen functional groups attached to an aromatic ring is 1. The van der Waals surface area contributed by atoms with E-state index in [9.17, 15) is 10.1 Å². The molecule has 25 heavy (non-hydrogen) atoms. The number of benzene rings is 2. The van der Waals surface area contributed by atoms with Crippen molar-refractivity contribution >= 4 is 34.6 Å². The van der Waals surface area contributed by atoms with Crippen LogP contribution in [-0.4, -0.2) is 5.91 Å². The van der Waals surface area contributed by atoms with Crippen LogP contribution in [-0.2, 0) is 4.79 Å². The van der Waals surface area contributed by atoms with Crippen molar-refractivity contribution in [1.29, 1.82) is 5.26 Å². The molecule has 0 atom stereocenters. The molecule has 0 aliphatic heterocycles. The summed E-state index contributed by atoms with van der Waals surface area (Å²) in [6.07, 6.45) is 1.32. The van der Waals surface area contributed by atoms with Gasteiger partial charge in [0.1, 0.15) is 11.6 Å². The summed E-state index contributed by atoms with van der Waals surface area (Å²) < 4.78 is 0. The number of hydrogen-bond donors (Lipinski definition) is 3. The van der Waals surface area contributed by atoms with Crippen LogP contribution in [0.25, 0.3) is 0 Å². The molecule has 6 heteroatoms. The van der Waals surface area contributed by atoms with Crippen LogP contribution in [0, 0.1) is 32.1 Å². The van der Waals surface area contributed by atoms with Gasteiger partial charge in [0.05, 0.1) is 10.7 Å². The van der Waals surface area contributed by atoms with Crippen molar-refractivity contribution in [2.24, 2.45) is 0 Å². The van der Waals surface area contributed by atoms with Crippen molar-refractivity contribution in [3.63, 3.8) is 0 Å². The first-order valence-corrected chi connectivity index (χ1v) is 8.00. The van der Waals surface area contributed by atoms with Crippen LogP contribution in [0.2, 0.25) is 5.02 Å². The maximum atomic E-state index is 12.4. The Morgan fingerprint density at radius 1 is 1.20 bits per heavy atom. The van der Waals surface area contributed by atoms with Crippen molar-refractivity contribution in [1.82, 2.24) is 0 Å². The molecular formula is C19H19ClN4O. The summed E-state index contributed by atoms with van der Waals surface area (Å²) in [7, 11) is 0. The zero-order valence-electron chi connectivity index (χ0n) is 14.3. The van der Waals surface area contributed by atoms with Crippen LogP contribution in [0.3, 0.4) is 0 Å². The van der Waals surface area contributed by atoms with Crippen LogP contribution in [0.5, 0.6) is 0 Å². The van der Waals surface area contributed by atoms with Crippen molar-refractivity contribution in [3.8, 4) is 6.07 Å². The number of carbonyl (C=O) groups is 1. The lowest BCUT2D eigenvalue weighted by atomic mass is 10.0. The third-order valence-electron chi connectivity index (χ3n) is 3.65. The molecule has 2 rings (SSSR count). The molecule has 1 amide bonds. The fourth-order valence-corrected chi connectivity index (χ4v) is 2.75. The first-order valence-electron chi connectivity index (χ1n) is 7.63. The van der Waals surface area contributed by atoms with E-state index in [0.29, 0.717) is 22.1 Å². The Labute approximate surface area is 152 Å². The van der Waals surface area contributed by atoms with E-state index in [1.54, 1.807) is 18.2 Å². The quantitative estimate of drug-likeness (QED) is 0.433. The number of nitriles is 1. The first kappa shape index (κ1) is 18.4. The topological polar surface area (TPSA) is 90.9 Å². The van der Waals surface area contributed by atoms with Gasteiger partial charge in [-0.3, -0.25) is 4.79 Å². The number of nitrogens with two attached hydrogens (primary N) is 1. The standard InChI is InChI=1S/C19H19ClN4O/c1-11-6-12(2)18(13(3)7-11)24-19(25)14(9-21)10-23-17-5-4-15(22)8-16(17)20/h4-8,10,23H,22H2,1-3H3,(H,24,25)/b14-10-. The first-order chi connectivity index (χ1) is 11.8. The smallest absolute Gasteiger partial charge is 0.267 e. The van der Waals surface area contributed by atoms with Crippen molar-refractivity contribution in [2.75, 3.05) is 16.4 Å². The molecule has 0 heterocycles. The second-order valence-corrected chi connectivity index (χ2v) is 6.19. The summed E-state index contributed by atoms with van der Waals surface area (Å²) in [4.78, 5) is 12.4. The molecule has 0 aliphatic carbocycles.